The fourth-order valence-electron chi connectivity index (χ4n) is 1.73. The van der Waals surface area contributed by atoms with Crippen molar-refractivity contribution in [1.82, 2.24) is 0 Å². The second-order valence-electron chi connectivity index (χ2n) is 3.88. The van der Waals surface area contributed by atoms with Crippen molar-refractivity contribution >= 4 is 27.6 Å². The second-order valence-corrected chi connectivity index (χ2v) is 4.79. The lowest BCUT2D eigenvalue weighted by atomic mass is 10.1. The summed E-state index contributed by atoms with van der Waals surface area (Å²) in [5.74, 6) is 0.629. The van der Waals surface area contributed by atoms with E-state index in [1.54, 1.807) is 0 Å². The molecule has 1 aromatic carbocycles. The summed E-state index contributed by atoms with van der Waals surface area (Å²) in [6.45, 7) is 0.709. The van der Waals surface area contributed by atoms with Crippen LogP contribution in [0.4, 0.5) is 5.69 Å². The van der Waals surface area contributed by atoms with E-state index in [4.69, 9.17) is 4.74 Å². The minimum atomic E-state index is -0.199. The van der Waals surface area contributed by atoms with Crippen LogP contribution in [-0.2, 0) is 9.53 Å². The van der Waals surface area contributed by atoms with Crippen molar-refractivity contribution in [1.29, 1.82) is 0 Å². The lowest BCUT2D eigenvalue weighted by Crippen LogP contribution is -2.31. The van der Waals surface area contributed by atoms with E-state index in [1.807, 2.05) is 18.2 Å². The molecule has 1 aromatic rings. The molecule has 0 aromatic heterocycles. The number of anilines is 1. The maximum absolute atomic E-state index is 11.0. The molecular weight excluding hydrogens is 286 g/mol. The summed E-state index contributed by atoms with van der Waals surface area (Å²) in [6.07, 6.45) is 1.06. The average molecular weight is 300 g/mol. The number of hydrogen-bond acceptors (Lipinski definition) is 4. The molecule has 0 aliphatic carbocycles. The molecule has 2 rings (SSSR count). The molecular formula is C12H14BrNO3. The normalized spacial score (nSPS) is 17.6. The first-order valence-corrected chi connectivity index (χ1v) is 6.25. The second kappa shape index (κ2) is 5.40. The fraction of sp³-hybridized carbons (Fsp3) is 0.417. The Kier molecular flexibility index (Phi) is 3.89. The van der Waals surface area contributed by atoms with Gasteiger partial charge in [0.2, 0.25) is 0 Å². The van der Waals surface area contributed by atoms with Crippen LogP contribution in [0.5, 0.6) is 5.75 Å². The number of esters is 1. The predicted molar refractivity (Wildman–Crippen MR) is 68.3 cm³/mol. The van der Waals surface area contributed by atoms with E-state index in [9.17, 15) is 4.79 Å². The molecule has 17 heavy (non-hydrogen) atoms. The van der Waals surface area contributed by atoms with E-state index in [1.165, 1.54) is 7.11 Å². The first-order valence-electron chi connectivity index (χ1n) is 5.46. The number of ether oxygens (including phenoxy) is 2. The van der Waals surface area contributed by atoms with Crippen molar-refractivity contribution in [2.45, 2.75) is 18.9 Å². The number of benzene rings is 1. The molecule has 1 aliphatic heterocycles. The molecule has 1 atom stereocenters. The molecule has 0 bridgehead atoms. The van der Waals surface area contributed by atoms with E-state index in [0.29, 0.717) is 19.4 Å². The van der Waals surface area contributed by atoms with Gasteiger partial charge in [-0.2, -0.15) is 0 Å². The number of carbonyl (C=O) groups excluding carboxylic acids is 1. The highest BCUT2D eigenvalue weighted by Gasteiger charge is 2.20. The van der Waals surface area contributed by atoms with Crippen molar-refractivity contribution in [2.75, 3.05) is 19.0 Å². The highest BCUT2D eigenvalue weighted by Crippen LogP contribution is 2.32. The molecule has 92 valence electrons. The van der Waals surface area contributed by atoms with Gasteiger partial charge in [0.15, 0.2) is 0 Å². The summed E-state index contributed by atoms with van der Waals surface area (Å²) in [4.78, 5) is 11.0. The van der Waals surface area contributed by atoms with E-state index < -0.39 is 0 Å². The summed E-state index contributed by atoms with van der Waals surface area (Å²) in [7, 11) is 1.40. The van der Waals surface area contributed by atoms with E-state index >= 15 is 0 Å². The lowest BCUT2D eigenvalue weighted by molar-refractivity contribution is -0.141. The van der Waals surface area contributed by atoms with E-state index in [0.717, 1.165) is 15.9 Å². The monoisotopic (exact) mass is 299 g/mol. The zero-order valence-electron chi connectivity index (χ0n) is 9.53. The van der Waals surface area contributed by atoms with Gasteiger partial charge in [-0.1, -0.05) is 15.9 Å². The third-order valence-corrected chi connectivity index (χ3v) is 3.15. The third kappa shape index (κ3) is 3.12. The summed E-state index contributed by atoms with van der Waals surface area (Å²) >= 11 is 3.41. The molecule has 0 spiro atoms. The van der Waals surface area contributed by atoms with Crippen molar-refractivity contribution in [3.8, 4) is 5.75 Å². The van der Waals surface area contributed by atoms with Crippen LogP contribution in [0.3, 0.4) is 0 Å². The molecule has 0 fully saturated rings. The van der Waals surface area contributed by atoms with Gasteiger partial charge in [-0.05, 0) is 24.6 Å². The van der Waals surface area contributed by atoms with Gasteiger partial charge in [-0.3, -0.25) is 4.79 Å². The van der Waals surface area contributed by atoms with Gasteiger partial charge in [0.05, 0.1) is 19.3 Å². The zero-order chi connectivity index (χ0) is 12.3. The summed E-state index contributed by atoms with van der Waals surface area (Å²) < 4.78 is 11.4. The first-order chi connectivity index (χ1) is 8.19. The smallest absolute Gasteiger partial charge is 0.305 e. The number of nitrogens with one attached hydrogen (secondary N) is 1. The Balaban J connectivity index is 1.94. The van der Waals surface area contributed by atoms with Crippen LogP contribution in [-0.4, -0.2) is 25.7 Å². The van der Waals surface area contributed by atoms with Crippen molar-refractivity contribution in [2.24, 2.45) is 0 Å². The highest BCUT2D eigenvalue weighted by molar-refractivity contribution is 9.10. The van der Waals surface area contributed by atoms with E-state index in [-0.39, 0.29) is 12.1 Å². The molecule has 0 saturated carbocycles. The van der Waals surface area contributed by atoms with Crippen LogP contribution in [0.1, 0.15) is 12.8 Å². The Morgan fingerprint density at radius 2 is 2.47 bits per heavy atom. The fourth-order valence-corrected chi connectivity index (χ4v) is 2.09. The standard InChI is InChI=1S/C12H14BrNO3/c1-16-12(15)5-3-9-7-14-10-6-8(13)2-4-11(10)17-9/h2,4,6,9,14H,3,5,7H2,1H3/t9-/m0/s1. The molecule has 5 heteroatoms. The molecule has 0 unspecified atom stereocenters. The number of rotatable bonds is 3. The molecule has 1 aliphatic rings. The van der Waals surface area contributed by atoms with Crippen LogP contribution in [0, 0.1) is 0 Å². The van der Waals surface area contributed by atoms with Gasteiger partial charge in [0, 0.05) is 10.9 Å². The molecule has 0 radical (unpaired) electrons. The van der Waals surface area contributed by atoms with E-state index in [2.05, 4.69) is 26.0 Å². The maximum Gasteiger partial charge on any atom is 0.305 e. The van der Waals surface area contributed by atoms with Crippen molar-refractivity contribution in [3.63, 3.8) is 0 Å². The number of halogens is 1. The van der Waals surface area contributed by atoms with Gasteiger partial charge in [-0.15, -0.1) is 0 Å². The summed E-state index contributed by atoms with van der Waals surface area (Å²) in [6, 6.07) is 5.83. The van der Waals surface area contributed by atoms with Crippen LogP contribution in [0.15, 0.2) is 22.7 Å². The zero-order valence-corrected chi connectivity index (χ0v) is 11.1. The number of fused-ring (bicyclic) bond motifs is 1. The molecule has 1 N–H and O–H groups in total. The number of carbonyl (C=O) groups is 1. The SMILES string of the molecule is COC(=O)CC[C@H]1CNc2cc(Br)ccc2O1. The van der Waals surface area contributed by atoms with Gasteiger partial charge in [0.1, 0.15) is 11.9 Å². The van der Waals surface area contributed by atoms with Gasteiger partial charge < -0.3 is 14.8 Å². The molecule has 0 saturated heterocycles. The summed E-state index contributed by atoms with van der Waals surface area (Å²) in [5, 5.41) is 3.29. The topological polar surface area (TPSA) is 47.6 Å². The quantitative estimate of drug-likeness (QED) is 0.872. The Morgan fingerprint density at radius 1 is 1.65 bits per heavy atom. The maximum atomic E-state index is 11.0. The van der Waals surface area contributed by atoms with Crippen LogP contribution < -0.4 is 10.1 Å². The van der Waals surface area contributed by atoms with Crippen LogP contribution in [0.25, 0.3) is 0 Å². The first kappa shape index (κ1) is 12.2. The Bertz CT molecular complexity index is 422. The van der Waals surface area contributed by atoms with Crippen molar-refractivity contribution in [3.05, 3.63) is 22.7 Å². The minimum Gasteiger partial charge on any atom is -0.486 e. The average Bonchev–Trinajstić information content (AvgIpc) is 2.35. The number of methoxy groups -OCH3 is 1. The van der Waals surface area contributed by atoms with Crippen LogP contribution >= 0.6 is 15.9 Å². The summed E-state index contributed by atoms with van der Waals surface area (Å²) in [5.41, 5.74) is 0.980. The lowest BCUT2D eigenvalue weighted by Gasteiger charge is -2.27. The Hall–Kier alpha value is -1.23. The highest BCUT2D eigenvalue weighted by atomic mass is 79.9. The molecule has 1 heterocycles. The minimum absolute atomic E-state index is 0.0165. The molecule has 4 nitrogen and oxygen atoms in total. The predicted octanol–water partition coefficient (Wildman–Crippen LogP) is 2.58. The van der Waals surface area contributed by atoms with Gasteiger partial charge in [0.25, 0.3) is 0 Å². The van der Waals surface area contributed by atoms with Crippen molar-refractivity contribution < 1.29 is 14.3 Å². The third-order valence-electron chi connectivity index (χ3n) is 2.65. The van der Waals surface area contributed by atoms with Gasteiger partial charge in [-0.25, -0.2) is 0 Å². The van der Waals surface area contributed by atoms with Gasteiger partial charge >= 0.3 is 5.97 Å². The van der Waals surface area contributed by atoms with Crippen LogP contribution in [0.2, 0.25) is 0 Å². The molecule has 0 amide bonds. The Morgan fingerprint density at radius 3 is 3.24 bits per heavy atom. The number of hydrogen-bond donors (Lipinski definition) is 1. The Labute approximate surface area is 108 Å². The largest absolute Gasteiger partial charge is 0.486 e.